The van der Waals surface area contributed by atoms with E-state index in [2.05, 4.69) is 37.9 Å². The van der Waals surface area contributed by atoms with Crippen molar-refractivity contribution in [3.63, 3.8) is 0 Å². The summed E-state index contributed by atoms with van der Waals surface area (Å²) in [5, 5.41) is 0. The minimum Gasteiger partial charge on any atom is -0.324 e. The van der Waals surface area contributed by atoms with Crippen LogP contribution in [0.25, 0.3) is 0 Å². The number of hydrogen-bond donors (Lipinski definition) is 1. The molecule has 1 aliphatic heterocycles. The van der Waals surface area contributed by atoms with Crippen molar-refractivity contribution in [3.05, 3.63) is 58.9 Å². The fourth-order valence-electron chi connectivity index (χ4n) is 3.65. The average Bonchev–Trinajstić information content (AvgIpc) is 2.61. The molecule has 0 saturated carbocycles. The molecule has 132 valence electrons. The van der Waals surface area contributed by atoms with E-state index in [1.165, 1.54) is 11.1 Å². The molecule has 0 saturated heterocycles. The predicted octanol–water partition coefficient (Wildman–Crippen LogP) is 3.99. The Labute approximate surface area is 150 Å². The Bertz CT molecular complexity index is 781. The van der Waals surface area contributed by atoms with E-state index in [4.69, 9.17) is 5.73 Å². The van der Waals surface area contributed by atoms with Crippen LogP contribution in [0.15, 0.2) is 36.7 Å². The summed E-state index contributed by atoms with van der Waals surface area (Å²) >= 11 is 0. The largest absolute Gasteiger partial charge is 0.324 e. The Morgan fingerprint density at radius 3 is 2.76 bits per heavy atom. The number of fused-ring (bicyclic) bond motifs is 1. The van der Waals surface area contributed by atoms with Gasteiger partial charge >= 0.3 is 0 Å². The van der Waals surface area contributed by atoms with Crippen molar-refractivity contribution in [1.29, 1.82) is 0 Å². The summed E-state index contributed by atoms with van der Waals surface area (Å²) in [6.45, 7) is 9.37. The molecule has 3 rings (SSSR count). The highest BCUT2D eigenvalue weighted by atomic mass is 16.2. The Balaban J connectivity index is 2.14. The lowest BCUT2D eigenvalue weighted by atomic mass is 9.75. The molecule has 1 aliphatic rings. The van der Waals surface area contributed by atoms with Gasteiger partial charge in [0.2, 0.25) is 0 Å². The fourth-order valence-corrected chi connectivity index (χ4v) is 3.65. The highest BCUT2D eigenvalue weighted by Crippen LogP contribution is 2.42. The van der Waals surface area contributed by atoms with Gasteiger partial charge in [0.15, 0.2) is 0 Å². The van der Waals surface area contributed by atoms with Gasteiger partial charge in [0, 0.05) is 30.7 Å². The maximum absolute atomic E-state index is 13.1. The van der Waals surface area contributed by atoms with Crippen LogP contribution in [0.1, 0.15) is 67.2 Å². The average molecular weight is 337 g/mol. The number of aromatic nitrogens is 1. The molecule has 2 heterocycles. The number of rotatable bonds is 3. The number of carbonyl (C=O) groups is 1. The van der Waals surface area contributed by atoms with E-state index in [1.807, 2.05) is 17.9 Å². The molecule has 1 atom stereocenters. The van der Waals surface area contributed by atoms with E-state index in [0.717, 1.165) is 24.1 Å². The van der Waals surface area contributed by atoms with Crippen molar-refractivity contribution in [2.24, 2.45) is 5.73 Å². The topological polar surface area (TPSA) is 59.2 Å². The van der Waals surface area contributed by atoms with Gasteiger partial charge in [0.1, 0.15) is 0 Å². The lowest BCUT2D eigenvalue weighted by Gasteiger charge is -2.40. The first kappa shape index (κ1) is 17.6. The van der Waals surface area contributed by atoms with E-state index in [1.54, 1.807) is 18.5 Å². The van der Waals surface area contributed by atoms with Gasteiger partial charge in [-0.1, -0.05) is 26.8 Å². The number of hydrogen-bond acceptors (Lipinski definition) is 3. The van der Waals surface area contributed by atoms with Gasteiger partial charge in [-0.2, -0.15) is 0 Å². The summed E-state index contributed by atoms with van der Waals surface area (Å²) in [4.78, 5) is 19.0. The lowest BCUT2D eigenvalue weighted by molar-refractivity contribution is 0.0982. The molecule has 1 unspecified atom stereocenters. The molecule has 0 radical (unpaired) electrons. The number of aryl methyl sites for hydroxylation is 1. The van der Waals surface area contributed by atoms with Crippen LogP contribution >= 0.6 is 0 Å². The number of nitrogens with zero attached hydrogens (tertiary/aromatic N) is 2. The van der Waals surface area contributed by atoms with E-state index in [-0.39, 0.29) is 17.4 Å². The molecule has 25 heavy (non-hydrogen) atoms. The molecule has 0 fully saturated rings. The van der Waals surface area contributed by atoms with Gasteiger partial charge in [-0.3, -0.25) is 9.78 Å². The van der Waals surface area contributed by atoms with Gasteiger partial charge in [-0.05, 0) is 60.1 Å². The van der Waals surface area contributed by atoms with E-state index in [0.29, 0.717) is 12.1 Å². The van der Waals surface area contributed by atoms with Crippen LogP contribution in [0.3, 0.4) is 0 Å². The van der Waals surface area contributed by atoms with Crippen LogP contribution < -0.4 is 10.6 Å². The minimum absolute atomic E-state index is 0.00437. The number of amides is 1. The minimum atomic E-state index is -0.0550. The molecule has 0 bridgehead atoms. The maximum Gasteiger partial charge on any atom is 0.259 e. The van der Waals surface area contributed by atoms with Crippen molar-refractivity contribution in [3.8, 4) is 0 Å². The molecule has 1 amide bonds. The highest BCUT2D eigenvalue weighted by molar-refractivity contribution is 6.06. The number of benzene rings is 1. The van der Waals surface area contributed by atoms with Crippen LogP contribution in [-0.4, -0.2) is 17.4 Å². The smallest absolute Gasteiger partial charge is 0.259 e. The zero-order valence-corrected chi connectivity index (χ0v) is 15.5. The lowest BCUT2D eigenvalue weighted by Crippen LogP contribution is -2.41. The van der Waals surface area contributed by atoms with Gasteiger partial charge in [-0.15, -0.1) is 0 Å². The maximum atomic E-state index is 13.1. The molecule has 0 spiro atoms. The third-order valence-electron chi connectivity index (χ3n) is 5.26. The van der Waals surface area contributed by atoms with Crippen molar-refractivity contribution in [2.75, 3.05) is 11.4 Å². The molecule has 2 N–H and O–H groups in total. The number of carbonyl (C=O) groups excluding carboxylic acids is 1. The standard InChI is InChI=1S/C21H27N3O/c1-5-15-11-18-19(12-17(15)14(2)22)24(10-8-21(18,3)4)20(25)16-7-6-9-23-13-16/h6-7,9,11-14H,5,8,10,22H2,1-4H3. The monoisotopic (exact) mass is 337 g/mol. The first-order valence-electron chi connectivity index (χ1n) is 9.00. The Kier molecular flexibility index (Phi) is 4.65. The second-order valence-electron chi connectivity index (χ2n) is 7.54. The van der Waals surface area contributed by atoms with E-state index < -0.39 is 0 Å². The molecule has 1 aromatic carbocycles. The Morgan fingerprint density at radius 1 is 1.40 bits per heavy atom. The van der Waals surface area contributed by atoms with Crippen LogP contribution in [0.2, 0.25) is 0 Å². The van der Waals surface area contributed by atoms with Crippen LogP contribution in [-0.2, 0) is 11.8 Å². The number of nitrogens with two attached hydrogens (primary N) is 1. The summed E-state index contributed by atoms with van der Waals surface area (Å²) in [5.41, 5.74) is 11.5. The summed E-state index contributed by atoms with van der Waals surface area (Å²) in [5.74, 6) is 0.00437. The summed E-state index contributed by atoms with van der Waals surface area (Å²) in [6, 6.07) is 7.96. The van der Waals surface area contributed by atoms with Crippen LogP contribution in [0, 0.1) is 0 Å². The quantitative estimate of drug-likeness (QED) is 0.921. The molecule has 1 aromatic heterocycles. The number of pyridine rings is 1. The van der Waals surface area contributed by atoms with Crippen molar-refractivity contribution in [2.45, 2.75) is 52.0 Å². The fraction of sp³-hybridized carbons (Fsp3) is 0.429. The van der Waals surface area contributed by atoms with Crippen LogP contribution in [0.5, 0.6) is 0 Å². The zero-order chi connectivity index (χ0) is 18.2. The van der Waals surface area contributed by atoms with Crippen molar-refractivity contribution >= 4 is 11.6 Å². The van der Waals surface area contributed by atoms with Gasteiger partial charge in [0.25, 0.3) is 5.91 Å². The van der Waals surface area contributed by atoms with Crippen LogP contribution in [0.4, 0.5) is 5.69 Å². The third-order valence-corrected chi connectivity index (χ3v) is 5.26. The van der Waals surface area contributed by atoms with Crippen molar-refractivity contribution in [1.82, 2.24) is 4.98 Å². The second-order valence-corrected chi connectivity index (χ2v) is 7.54. The SMILES string of the molecule is CCc1cc2c(cc1C(C)N)N(C(=O)c1cccnc1)CCC2(C)C. The second kappa shape index (κ2) is 6.60. The van der Waals surface area contributed by atoms with Crippen molar-refractivity contribution < 1.29 is 4.79 Å². The molecule has 2 aromatic rings. The predicted molar refractivity (Wildman–Crippen MR) is 102 cm³/mol. The molecular weight excluding hydrogens is 310 g/mol. The van der Waals surface area contributed by atoms with E-state index in [9.17, 15) is 4.79 Å². The molecule has 4 heteroatoms. The first-order valence-corrected chi connectivity index (χ1v) is 9.00. The zero-order valence-electron chi connectivity index (χ0n) is 15.5. The summed E-state index contributed by atoms with van der Waals surface area (Å²) in [6.07, 6.45) is 5.20. The Hall–Kier alpha value is -2.20. The highest BCUT2D eigenvalue weighted by Gasteiger charge is 2.35. The van der Waals surface area contributed by atoms with Gasteiger partial charge in [0.05, 0.1) is 5.56 Å². The normalized spacial score (nSPS) is 17.1. The first-order chi connectivity index (χ1) is 11.8. The summed E-state index contributed by atoms with van der Waals surface area (Å²) in [7, 11) is 0. The number of anilines is 1. The summed E-state index contributed by atoms with van der Waals surface area (Å²) < 4.78 is 0. The molecular formula is C21H27N3O. The van der Waals surface area contributed by atoms with E-state index >= 15 is 0 Å². The Morgan fingerprint density at radius 2 is 2.16 bits per heavy atom. The third kappa shape index (κ3) is 3.19. The van der Waals surface area contributed by atoms with Gasteiger partial charge in [-0.25, -0.2) is 0 Å². The molecule has 0 aliphatic carbocycles. The molecule has 4 nitrogen and oxygen atoms in total. The van der Waals surface area contributed by atoms with Gasteiger partial charge < -0.3 is 10.6 Å².